The molecule has 2 heterocycles. The number of anilines is 2. The summed E-state index contributed by atoms with van der Waals surface area (Å²) in [4.78, 5) is 11.3. The molecule has 0 radical (unpaired) electrons. The summed E-state index contributed by atoms with van der Waals surface area (Å²) in [5.74, 6) is 2.68. The highest BCUT2D eigenvalue weighted by Crippen LogP contribution is 2.38. The van der Waals surface area contributed by atoms with E-state index in [2.05, 4.69) is 39.5 Å². The second kappa shape index (κ2) is 9.68. The Morgan fingerprint density at radius 2 is 1.63 bits per heavy atom. The zero-order valence-corrected chi connectivity index (χ0v) is 20.8. The molecule has 0 aliphatic rings. The van der Waals surface area contributed by atoms with Crippen LogP contribution in [0.15, 0.2) is 66.9 Å². The predicted octanol–water partition coefficient (Wildman–Crippen LogP) is 6.33. The molecule has 0 aliphatic heterocycles. The van der Waals surface area contributed by atoms with E-state index >= 15 is 0 Å². The summed E-state index contributed by atoms with van der Waals surface area (Å²) in [7, 11) is 7.30. The molecule has 0 bridgehead atoms. The van der Waals surface area contributed by atoms with Crippen LogP contribution in [-0.4, -0.2) is 38.3 Å². The van der Waals surface area contributed by atoms with Gasteiger partial charge in [0, 0.05) is 50.0 Å². The Hall–Kier alpha value is -4.04. The summed E-state index contributed by atoms with van der Waals surface area (Å²) in [6.45, 7) is 0.713. The fourth-order valence-electron chi connectivity index (χ4n) is 3.80. The maximum Gasteiger partial charge on any atom is 0.184 e. The van der Waals surface area contributed by atoms with Crippen LogP contribution >= 0.6 is 11.3 Å². The third kappa shape index (κ3) is 4.79. The Kier molecular flexibility index (Phi) is 6.29. The molecule has 5 rings (SSSR count). The molecule has 8 heteroatoms. The van der Waals surface area contributed by atoms with Crippen molar-refractivity contribution in [2.75, 3.05) is 38.5 Å². The Morgan fingerprint density at radius 3 is 2.37 bits per heavy atom. The lowest BCUT2D eigenvalue weighted by atomic mass is 10.2. The van der Waals surface area contributed by atoms with E-state index in [9.17, 15) is 0 Å². The van der Waals surface area contributed by atoms with Crippen LogP contribution < -0.4 is 24.4 Å². The van der Waals surface area contributed by atoms with Gasteiger partial charge in [-0.1, -0.05) is 23.5 Å². The molecule has 0 saturated heterocycles. The van der Waals surface area contributed by atoms with Crippen LogP contribution in [0.5, 0.6) is 23.0 Å². The summed E-state index contributed by atoms with van der Waals surface area (Å²) < 4.78 is 18.2. The van der Waals surface area contributed by atoms with Gasteiger partial charge in [-0.05, 0) is 42.0 Å². The van der Waals surface area contributed by atoms with Crippen LogP contribution in [0, 0.1) is 0 Å². The zero-order chi connectivity index (χ0) is 24.4. The van der Waals surface area contributed by atoms with E-state index in [1.807, 2.05) is 50.5 Å². The van der Waals surface area contributed by atoms with Crippen molar-refractivity contribution < 1.29 is 14.2 Å². The van der Waals surface area contributed by atoms with Gasteiger partial charge < -0.3 is 24.4 Å². The molecule has 0 saturated carbocycles. The first-order valence-electron chi connectivity index (χ1n) is 11.1. The lowest BCUT2D eigenvalue weighted by molar-refractivity contribution is 0.355. The molecule has 0 atom stereocenters. The fraction of sp³-hybridized carbons (Fsp3) is 0.185. The normalized spacial score (nSPS) is 11.0. The van der Waals surface area contributed by atoms with Crippen molar-refractivity contribution >= 4 is 43.3 Å². The van der Waals surface area contributed by atoms with Crippen molar-refractivity contribution in [1.82, 2.24) is 9.97 Å². The maximum absolute atomic E-state index is 6.26. The predicted molar refractivity (Wildman–Crippen MR) is 143 cm³/mol. The summed E-state index contributed by atoms with van der Waals surface area (Å²) in [5.41, 5.74) is 4.08. The smallest absolute Gasteiger partial charge is 0.184 e. The van der Waals surface area contributed by atoms with Crippen molar-refractivity contribution in [3.05, 3.63) is 72.4 Å². The average Bonchev–Trinajstić information content (AvgIpc) is 3.29. The summed E-state index contributed by atoms with van der Waals surface area (Å²) in [6, 6.07) is 20.0. The molecule has 0 unspecified atom stereocenters. The molecule has 7 nitrogen and oxygen atoms in total. The van der Waals surface area contributed by atoms with Crippen LogP contribution in [0.2, 0.25) is 0 Å². The third-order valence-corrected chi connectivity index (χ3v) is 6.67. The maximum atomic E-state index is 6.26. The number of hydrogen-bond donors (Lipinski definition) is 1. The van der Waals surface area contributed by atoms with Crippen LogP contribution in [-0.2, 0) is 6.54 Å². The minimum atomic E-state index is 0.628. The lowest BCUT2D eigenvalue weighted by Crippen LogP contribution is -2.08. The number of thiazole rings is 1. The number of ether oxygens (including phenoxy) is 3. The quantitative estimate of drug-likeness (QED) is 0.275. The van der Waals surface area contributed by atoms with Crippen molar-refractivity contribution in [1.29, 1.82) is 0 Å². The molecule has 2 aromatic heterocycles. The molecule has 178 valence electrons. The highest BCUT2D eigenvalue weighted by atomic mass is 32.1. The van der Waals surface area contributed by atoms with Gasteiger partial charge in [-0.3, -0.25) is 4.98 Å². The molecule has 0 fully saturated rings. The van der Waals surface area contributed by atoms with E-state index in [0.29, 0.717) is 23.8 Å². The number of hydrogen-bond acceptors (Lipinski definition) is 8. The fourth-order valence-corrected chi connectivity index (χ4v) is 4.69. The molecule has 0 amide bonds. The summed E-state index contributed by atoms with van der Waals surface area (Å²) in [5, 5.41) is 5.15. The first-order valence-corrected chi connectivity index (χ1v) is 11.9. The van der Waals surface area contributed by atoms with E-state index in [4.69, 9.17) is 19.2 Å². The third-order valence-electron chi connectivity index (χ3n) is 5.69. The van der Waals surface area contributed by atoms with E-state index < -0.39 is 0 Å². The first kappa shape index (κ1) is 22.7. The van der Waals surface area contributed by atoms with Gasteiger partial charge in [0.15, 0.2) is 16.6 Å². The second-order valence-corrected chi connectivity index (χ2v) is 9.23. The van der Waals surface area contributed by atoms with Crippen LogP contribution in [0.3, 0.4) is 0 Å². The number of rotatable bonds is 8. The van der Waals surface area contributed by atoms with Crippen molar-refractivity contribution in [2.24, 2.45) is 0 Å². The molecule has 3 aromatic carbocycles. The molecule has 0 aliphatic carbocycles. The van der Waals surface area contributed by atoms with Gasteiger partial charge in [0.25, 0.3) is 0 Å². The molecule has 5 aromatic rings. The Bertz CT molecular complexity index is 1480. The number of fused-ring (bicyclic) bond motifs is 2. The second-order valence-electron chi connectivity index (χ2n) is 8.20. The van der Waals surface area contributed by atoms with Gasteiger partial charge in [0.1, 0.15) is 11.5 Å². The minimum Gasteiger partial charge on any atom is -0.493 e. The number of pyridine rings is 1. The van der Waals surface area contributed by atoms with E-state index in [-0.39, 0.29) is 0 Å². The van der Waals surface area contributed by atoms with Gasteiger partial charge in [-0.2, -0.15) is 0 Å². The molecule has 0 spiro atoms. The zero-order valence-electron chi connectivity index (χ0n) is 20.0. The van der Waals surface area contributed by atoms with Gasteiger partial charge in [0.2, 0.25) is 0 Å². The van der Waals surface area contributed by atoms with E-state index in [0.717, 1.165) is 32.0 Å². The molecular weight excluding hydrogens is 460 g/mol. The Balaban J connectivity index is 1.35. The number of methoxy groups -OCH3 is 2. The lowest BCUT2D eigenvalue weighted by Gasteiger charge is -2.12. The van der Waals surface area contributed by atoms with Crippen molar-refractivity contribution in [3.63, 3.8) is 0 Å². The average molecular weight is 487 g/mol. The Labute approximate surface area is 207 Å². The van der Waals surface area contributed by atoms with Crippen molar-refractivity contribution in [3.8, 4) is 23.0 Å². The van der Waals surface area contributed by atoms with Crippen molar-refractivity contribution in [2.45, 2.75) is 6.54 Å². The van der Waals surface area contributed by atoms with Crippen LogP contribution in [0.1, 0.15) is 5.56 Å². The summed E-state index contributed by atoms with van der Waals surface area (Å²) in [6.07, 6.45) is 1.72. The van der Waals surface area contributed by atoms with E-state index in [1.165, 1.54) is 11.3 Å². The molecule has 1 N–H and O–H groups in total. The van der Waals surface area contributed by atoms with Gasteiger partial charge in [-0.15, -0.1) is 0 Å². The van der Waals surface area contributed by atoms with Gasteiger partial charge in [-0.25, -0.2) is 4.98 Å². The molecular formula is C27H26N4O3S. The van der Waals surface area contributed by atoms with Crippen LogP contribution in [0.4, 0.5) is 10.8 Å². The monoisotopic (exact) mass is 486 g/mol. The van der Waals surface area contributed by atoms with Gasteiger partial charge in [0.05, 0.1) is 30.0 Å². The van der Waals surface area contributed by atoms with E-state index in [1.54, 1.807) is 31.8 Å². The first-order chi connectivity index (χ1) is 17.0. The number of nitrogens with one attached hydrogen (secondary N) is 1. The summed E-state index contributed by atoms with van der Waals surface area (Å²) >= 11 is 1.60. The highest BCUT2D eigenvalue weighted by Gasteiger charge is 2.12. The van der Waals surface area contributed by atoms with Gasteiger partial charge >= 0.3 is 0 Å². The number of aromatic nitrogens is 2. The largest absolute Gasteiger partial charge is 0.493 e. The minimum absolute atomic E-state index is 0.628. The SMILES string of the molecule is COc1cc2nccc(Oc3ccc4nc(NCc5ccc(N(C)C)cc5)sc4c3)c2cc1OC. The number of nitrogens with zero attached hydrogens (tertiary/aromatic N) is 3. The Morgan fingerprint density at radius 1 is 0.857 bits per heavy atom. The topological polar surface area (TPSA) is 68.7 Å². The standard InChI is InChI=1S/C27H26N4O3S/c1-31(2)18-7-5-17(6-8-18)16-29-27-30-21-10-9-19(13-26(21)35-27)34-23-11-12-28-22-15-25(33-4)24(32-3)14-20(22)23/h5-15H,16H2,1-4H3,(H,29,30). The highest BCUT2D eigenvalue weighted by molar-refractivity contribution is 7.22. The molecule has 35 heavy (non-hydrogen) atoms. The van der Waals surface area contributed by atoms with Crippen LogP contribution in [0.25, 0.3) is 21.1 Å². The number of benzene rings is 3.